The van der Waals surface area contributed by atoms with Crippen LogP contribution in [0.25, 0.3) is 0 Å². The van der Waals surface area contributed by atoms with E-state index < -0.39 is 21.9 Å². The molecular formula is C24H19Cl2FN4O3S2. The van der Waals surface area contributed by atoms with Crippen molar-refractivity contribution in [1.82, 2.24) is 9.21 Å². The van der Waals surface area contributed by atoms with Crippen molar-refractivity contribution in [3.05, 3.63) is 82.1 Å². The van der Waals surface area contributed by atoms with Gasteiger partial charge in [-0.05, 0) is 54.6 Å². The van der Waals surface area contributed by atoms with Gasteiger partial charge in [-0.2, -0.15) is 9.57 Å². The predicted molar refractivity (Wildman–Crippen MR) is 137 cm³/mol. The van der Waals surface area contributed by atoms with Crippen LogP contribution in [0.2, 0.25) is 10.0 Å². The van der Waals surface area contributed by atoms with E-state index in [-0.39, 0.29) is 36.6 Å². The number of benzene rings is 3. The molecule has 0 spiro atoms. The first kappa shape index (κ1) is 26.3. The number of urea groups is 1. The van der Waals surface area contributed by atoms with E-state index in [0.717, 1.165) is 0 Å². The van der Waals surface area contributed by atoms with Gasteiger partial charge in [-0.3, -0.25) is 0 Å². The number of rotatable bonds is 5. The second-order valence-corrected chi connectivity index (χ2v) is 11.7. The van der Waals surface area contributed by atoms with Gasteiger partial charge in [0.2, 0.25) is 10.0 Å². The van der Waals surface area contributed by atoms with E-state index in [1.807, 2.05) is 6.07 Å². The molecule has 186 valence electrons. The Bertz CT molecular complexity index is 1440. The van der Waals surface area contributed by atoms with Crippen LogP contribution in [0.5, 0.6) is 0 Å². The standard InChI is InChI=1S/C24H19Cl2FN4O3S2/c25-17-11-18(26)13-21(12-17)35-22-5-4-16(15-28)10-23(22)36(33,34)31-8-6-30(7-9-31)24(32)29-20-3-1-2-19(27)14-20/h1-5,10-14H,6-9H2,(H,29,32). The van der Waals surface area contributed by atoms with E-state index in [0.29, 0.717) is 25.5 Å². The zero-order valence-electron chi connectivity index (χ0n) is 18.6. The fourth-order valence-corrected chi connectivity index (χ4v) is 7.16. The van der Waals surface area contributed by atoms with Crippen molar-refractivity contribution in [1.29, 1.82) is 5.26 Å². The average Bonchev–Trinajstić information content (AvgIpc) is 2.83. The first-order chi connectivity index (χ1) is 17.2. The van der Waals surface area contributed by atoms with Gasteiger partial charge in [0.15, 0.2) is 0 Å². The number of sulfonamides is 1. The summed E-state index contributed by atoms with van der Waals surface area (Å²) in [7, 11) is -3.99. The molecule has 4 rings (SSSR count). The number of nitrogens with zero attached hydrogens (tertiary/aromatic N) is 3. The maximum Gasteiger partial charge on any atom is 0.321 e. The number of piperazine rings is 1. The Kier molecular flexibility index (Phi) is 8.07. The molecule has 2 amide bonds. The van der Waals surface area contributed by atoms with E-state index >= 15 is 0 Å². The minimum atomic E-state index is -3.99. The number of hydrogen-bond donors (Lipinski definition) is 1. The highest BCUT2D eigenvalue weighted by molar-refractivity contribution is 8.00. The van der Waals surface area contributed by atoms with E-state index in [1.165, 1.54) is 45.2 Å². The third kappa shape index (κ3) is 6.11. The molecule has 0 bridgehead atoms. The number of carbonyl (C=O) groups excluding carboxylic acids is 1. The van der Waals surface area contributed by atoms with Gasteiger partial charge in [-0.15, -0.1) is 0 Å². The van der Waals surface area contributed by atoms with E-state index in [2.05, 4.69) is 5.32 Å². The van der Waals surface area contributed by atoms with Crippen LogP contribution < -0.4 is 5.32 Å². The number of nitriles is 1. The fraction of sp³-hybridized carbons (Fsp3) is 0.167. The summed E-state index contributed by atoms with van der Waals surface area (Å²) in [5.74, 6) is -0.475. The Hall–Kier alpha value is -2.81. The van der Waals surface area contributed by atoms with Gasteiger partial charge in [0.05, 0.1) is 16.5 Å². The molecule has 3 aromatic rings. The summed E-state index contributed by atoms with van der Waals surface area (Å²) in [4.78, 5) is 15.1. The molecule has 1 heterocycles. The Balaban J connectivity index is 1.52. The largest absolute Gasteiger partial charge is 0.322 e. The van der Waals surface area contributed by atoms with Crippen molar-refractivity contribution in [3.63, 3.8) is 0 Å². The summed E-state index contributed by atoms with van der Waals surface area (Å²) in [6, 6.07) is 16.4. The van der Waals surface area contributed by atoms with Crippen LogP contribution >= 0.6 is 35.0 Å². The number of nitrogens with one attached hydrogen (secondary N) is 1. The van der Waals surface area contributed by atoms with Gasteiger partial charge >= 0.3 is 6.03 Å². The van der Waals surface area contributed by atoms with Gasteiger partial charge in [0.1, 0.15) is 5.82 Å². The summed E-state index contributed by atoms with van der Waals surface area (Å²) < 4.78 is 41.9. The molecule has 7 nitrogen and oxygen atoms in total. The lowest BCUT2D eigenvalue weighted by atomic mass is 10.2. The lowest BCUT2D eigenvalue weighted by Crippen LogP contribution is -2.51. The SMILES string of the molecule is N#Cc1ccc(Sc2cc(Cl)cc(Cl)c2)c(S(=O)(=O)N2CCN(C(=O)Nc3cccc(F)c3)CC2)c1. The Morgan fingerprint density at radius 3 is 2.33 bits per heavy atom. The molecule has 0 atom stereocenters. The quantitative estimate of drug-likeness (QED) is 0.429. The molecule has 1 aliphatic heterocycles. The Labute approximate surface area is 222 Å². The minimum absolute atomic E-state index is 0.0136. The summed E-state index contributed by atoms with van der Waals surface area (Å²) in [5.41, 5.74) is 0.515. The number of anilines is 1. The van der Waals surface area contributed by atoms with Crippen molar-refractivity contribution >= 4 is 56.7 Å². The number of hydrogen-bond acceptors (Lipinski definition) is 5. The van der Waals surface area contributed by atoms with Crippen LogP contribution in [0.4, 0.5) is 14.9 Å². The van der Waals surface area contributed by atoms with Crippen molar-refractivity contribution in [2.24, 2.45) is 0 Å². The normalized spacial score (nSPS) is 14.3. The maximum absolute atomic E-state index is 13.6. The topological polar surface area (TPSA) is 93.5 Å². The van der Waals surface area contributed by atoms with Crippen molar-refractivity contribution in [3.8, 4) is 6.07 Å². The summed E-state index contributed by atoms with van der Waals surface area (Å²) in [6.07, 6.45) is 0. The molecule has 0 aromatic heterocycles. The maximum atomic E-state index is 13.6. The molecule has 1 N–H and O–H groups in total. The molecule has 0 aliphatic carbocycles. The van der Waals surface area contributed by atoms with E-state index in [4.69, 9.17) is 23.2 Å². The van der Waals surface area contributed by atoms with Gasteiger partial charge in [-0.25, -0.2) is 17.6 Å². The predicted octanol–water partition coefficient (Wildman–Crippen LogP) is 5.69. The minimum Gasteiger partial charge on any atom is -0.322 e. The smallest absolute Gasteiger partial charge is 0.321 e. The molecule has 0 unspecified atom stereocenters. The van der Waals surface area contributed by atoms with Crippen LogP contribution in [-0.2, 0) is 10.0 Å². The van der Waals surface area contributed by atoms with Gasteiger partial charge in [-0.1, -0.05) is 41.0 Å². The molecule has 1 aliphatic rings. The van der Waals surface area contributed by atoms with Gasteiger partial charge < -0.3 is 10.2 Å². The lowest BCUT2D eigenvalue weighted by molar-refractivity contribution is 0.184. The highest BCUT2D eigenvalue weighted by Gasteiger charge is 2.32. The van der Waals surface area contributed by atoms with Gasteiger partial charge in [0.25, 0.3) is 0 Å². The van der Waals surface area contributed by atoms with Crippen LogP contribution in [0.3, 0.4) is 0 Å². The Morgan fingerprint density at radius 1 is 1.00 bits per heavy atom. The van der Waals surface area contributed by atoms with Crippen LogP contribution in [0, 0.1) is 17.1 Å². The second kappa shape index (κ2) is 11.1. The monoisotopic (exact) mass is 564 g/mol. The lowest BCUT2D eigenvalue weighted by Gasteiger charge is -2.34. The number of amides is 2. The third-order valence-corrected chi connectivity index (χ3v) is 8.91. The molecule has 0 saturated carbocycles. The molecular weight excluding hydrogens is 546 g/mol. The van der Waals surface area contributed by atoms with Crippen LogP contribution in [0.1, 0.15) is 5.56 Å². The molecule has 12 heteroatoms. The molecule has 1 saturated heterocycles. The molecule has 3 aromatic carbocycles. The zero-order chi connectivity index (χ0) is 25.9. The Morgan fingerprint density at radius 2 is 1.69 bits per heavy atom. The molecule has 0 radical (unpaired) electrons. The summed E-state index contributed by atoms with van der Waals surface area (Å²) in [6.45, 7) is 0.404. The number of carbonyl (C=O) groups is 1. The van der Waals surface area contributed by atoms with Crippen molar-refractivity contribution in [2.45, 2.75) is 14.7 Å². The van der Waals surface area contributed by atoms with Crippen molar-refractivity contribution < 1.29 is 17.6 Å². The first-order valence-corrected chi connectivity index (χ1v) is 13.7. The summed E-state index contributed by atoms with van der Waals surface area (Å²) in [5, 5.41) is 12.8. The zero-order valence-corrected chi connectivity index (χ0v) is 21.8. The number of halogens is 3. The van der Waals surface area contributed by atoms with Crippen LogP contribution in [-0.4, -0.2) is 49.8 Å². The van der Waals surface area contributed by atoms with E-state index in [9.17, 15) is 22.9 Å². The third-order valence-electron chi connectivity index (χ3n) is 5.36. The second-order valence-electron chi connectivity index (χ2n) is 7.81. The molecule has 1 fully saturated rings. The van der Waals surface area contributed by atoms with E-state index in [1.54, 1.807) is 36.4 Å². The summed E-state index contributed by atoms with van der Waals surface area (Å²) >= 11 is 13.4. The first-order valence-electron chi connectivity index (χ1n) is 10.7. The molecule has 36 heavy (non-hydrogen) atoms. The van der Waals surface area contributed by atoms with Crippen LogP contribution in [0.15, 0.2) is 75.4 Å². The highest BCUT2D eigenvalue weighted by atomic mass is 35.5. The highest BCUT2D eigenvalue weighted by Crippen LogP contribution is 2.37. The van der Waals surface area contributed by atoms with Gasteiger partial charge in [0, 0.05) is 51.7 Å². The fourth-order valence-electron chi connectivity index (χ4n) is 3.62. The van der Waals surface area contributed by atoms with Crippen molar-refractivity contribution in [2.75, 3.05) is 31.5 Å². The average molecular weight is 565 g/mol.